The van der Waals surface area contributed by atoms with E-state index in [4.69, 9.17) is 59.8 Å². The highest BCUT2D eigenvalue weighted by molar-refractivity contribution is 4.66. The van der Waals surface area contributed by atoms with Crippen LogP contribution in [0.2, 0.25) is 0 Å². The normalized spacial score (nSPS) is 15.8. The van der Waals surface area contributed by atoms with Gasteiger partial charge in [0.25, 0.3) is 0 Å². The Labute approximate surface area is 287 Å². The van der Waals surface area contributed by atoms with Gasteiger partial charge in [0.1, 0.15) is 12.2 Å². The van der Waals surface area contributed by atoms with Crippen molar-refractivity contribution in [2.24, 2.45) is 29.0 Å². The van der Waals surface area contributed by atoms with Gasteiger partial charge in [-0.3, -0.25) is 0 Å². The number of hydrogen-bond donors (Lipinski definition) is 3. The summed E-state index contributed by atoms with van der Waals surface area (Å²) in [5.41, 5.74) is 16.8. The van der Waals surface area contributed by atoms with Crippen LogP contribution in [-0.2, 0) is 42.6 Å². The third kappa shape index (κ3) is 28.0. The summed E-state index contributed by atoms with van der Waals surface area (Å²) in [7, 11) is 0. The van der Waals surface area contributed by atoms with Gasteiger partial charge in [0, 0.05) is 38.1 Å². The summed E-state index contributed by atoms with van der Waals surface area (Å²) in [5.74, 6) is 0.556. The fourth-order valence-electron chi connectivity index (χ4n) is 4.36. The quantitative estimate of drug-likeness (QED) is 0.0815. The van der Waals surface area contributed by atoms with Crippen molar-refractivity contribution in [3.63, 3.8) is 0 Å². The molecule has 0 aromatic rings. The Bertz CT molecular complexity index is 577. The molecule has 0 rings (SSSR count). The van der Waals surface area contributed by atoms with Gasteiger partial charge in [-0.1, -0.05) is 41.0 Å². The van der Waals surface area contributed by atoms with E-state index in [1.807, 2.05) is 0 Å². The Kier molecular flexibility index (Phi) is 35.0. The first-order valence-corrected chi connectivity index (χ1v) is 18.5. The topological polar surface area (TPSA) is 161 Å². The molecule has 0 radical (unpaired) electrons. The zero-order valence-electron chi connectivity index (χ0n) is 30.8. The molecule has 0 amide bonds. The summed E-state index contributed by atoms with van der Waals surface area (Å²) in [6.45, 7) is 19.6. The summed E-state index contributed by atoms with van der Waals surface area (Å²) < 4.78 is 54.4. The highest BCUT2D eigenvalue weighted by atomic mass is 16.6. The molecule has 47 heavy (non-hydrogen) atoms. The third-order valence-corrected chi connectivity index (χ3v) is 7.81. The van der Waals surface area contributed by atoms with E-state index in [0.29, 0.717) is 111 Å². The highest BCUT2D eigenvalue weighted by Gasteiger charge is 2.20. The molecule has 6 N–H and O–H groups in total. The van der Waals surface area contributed by atoms with E-state index in [2.05, 4.69) is 34.6 Å². The average molecular weight is 682 g/mol. The van der Waals surface area contributed by atoms with Crippen LogP contribution in [0.5, 0.6) is 0 Å². The van der Waals surface area contributed by atoms with E-state index in [1.165, 1.54) is 0 Å². The van der Waals surface area contributed by atoms with Crippen molar-refractivity contribution in [2.75, 3.05) is 112 Å². The number of rotatable bonds is 38. The van der Waals surface area contributed by atoms with Crippen LogP contribution in [0.4, 0.5) is 0 Å². The Hall–Kier alpha value is -0.480. The van der Waals surface area contributed by atoms with Gasteiger partial charge in [-0.05, 0) is 45.1 Å². The smallest absolute Gasteiger partial charge is 0.104 e. The molecule has 0 aromatic carbocycles. The summed E-state index contributed by atoms with van der Waals surface area (Å²) >= 11 is 0. The van der Waals surface area contributed by atoms with Crippen molar-refractivity contribution in [1.29, 1.82) is 0 Å². The lowest BCUT2D eigenvalue weighted by Gasteiger charge is -2.25. The maximum Gasteiger partial charge on any atom is 0.104 e. The van der Waals surface area contributed by atoms with Crippen molar-refractivity contribution < 1.29 is 42.6 Å². The Morgan fingerprint density at radius 3 is 1.26 bits per heavy atom. The van der Waals surface area contributed by atoms with E-state index in [0.717, 1.165) is 51.6 Å². The maximum atomic E-state index is 6.34. The van der Waals surface area contributed by atoms with Gasteiger partial charge < -0.3 is 59.8 Å². The molecule has 0 saturated heterocycles. The summed E-state index contributed by atoms with van der Waals surface area (Å²) in [6, 6.07) is 0. The zero-order valence-corrected chi connectivity index (χ0v) is 30.8. The molecule has 0 aliphatic heterocycles. The molecular formula is C35H75N3O9. The summed E-state index contributed by atoms with van der Waals surface area (Å²) in [4.78, 5) is 0. The molecule has 12 heteroatoms. The second-order valence-electron chi connectivity index (χ2n) is 12.1. The standard InChI is InChI=1S/C35H75N3O9/c1-6-11-16-44-32(9-4)24-42-27-35(47-29-33(10-5)45-17-12-13-36)28-43-26-34(46-23-31(8-3)21-40-19-15-38)25-41-22-30(7-2)20-39-18-14-37/h30-35H,6-29,36-38H2,1-5H3. The minimum Gasteiger partial charge on any atom is -0.380 e. The minimum atomic E-state index is -0.269. The minimum absolute atomic E-state index is 0.0119. The van der Waals surface area contributed by atoms with E-state index < -0.39 is 0 Å². The Morgan fingerprint density at radius 2 is 0.787 bits per heavy atom. The second-order valence-corrected chi connectivity index (χ2v) is 12.1. The van der Waals surface area contributed by atoms with Crippen LogP contribution in [0.25, 0.3) is 0 Å². The van der Waals surface area contributed by atoms with Crippen molar-refractivity contribution in [3.8, 4) is 0 Å². The summed E-state index contributed by atoms with van der Waals surface area (Å²) in [6.07, 6.45) is 6.15. The molecule has 0 fully saturated rings. The molecule has 0 aromatic heterocycles. The van der Waals surface area contributed by atoms with Crippen LogP contribution in [0.1, 0.15) is 79.6 Å². The van der Waals surface area contributed by atoms with Crippen LogP contribution in [0.15, 0.2) is 0 Å². The average Bonchev–Trinajstić information content (AvgIpc) is 3.09. The zero-order chi connectivity index (χ0) is 34.8. The first-order valence-electron chi connectivity index (χ1n) is 18.5. The molecule has 6 atom stereocenters. The third-order valence-electron chi connectivity index (χ3n) is 7.81. The second kappa shape index (κ2) is 35.3. The first kappa shape index (κ1) is 46.5. The van der Waals surface area contributed by atoms with Gasteiger partial charge in [-0.25, -0.2) is 0 Å². The molecule has 0 spiro atoms. The molecule has 0 saturated carbocycles. The molecule has 0 aliphatic carbocycles. The van der Waals surface area contributed by atoms with Crippen molar-refractivity contribution in [2.45, 2.75) is 104 Å². The van der Waals surface area contributed by atoms with Crippen LogP contribution in [0.3, 0.4) is 0 Å². The van der Waals surface area contributed by atoms with Gasteiger partial charge in [0.05, 0.1) is 91.5 Å². The fourth-order valence-corrected chi connectivity index (χ4v) is 4.36. The van der Waals surface area contributed by atoms with Gasteiger partial charge in [-0.2, -0.15) is 0 Å². The van der Waals surface area contributed by atoms with E-state index in [1.54, 1.807) is 0 Å². The lowest BCUT2D eigenvalue weighted by atomic mass is 10.1. The van der Waals surface area contributed by atoms with Gasteiger partial charge in [-0.15, -0.1) is 0 Å². The van der Waals surface area contributed by atoms with Gasteiger partial charge >= 0.3 is 0 Å². The molecule has 284 valence electrons. The van der Waals surface area contributed by atoms with Gasteiger partial charge in [0.2, 0.25) is 0 Å². The van der Waals surface area contributed by atoms with Crippen LogP contribution >= 0.6 is 0 Å². The Morgan fingerprint density at radius 1 is 0.362 bits per heavy atom. The maximum absolute atomic E-state index is 6.34. The largest absolute Gasteiger partial charge is 0.380 e. The lowest BCUT2D eigenvalue weighted by molar-refractivity contribution is -0.122. The predicted octanol–water partition coefficient (Wildman–Crippen LogP) is 3.55. The number of ether oxygens (including phenoxy) is 9. The number of nitrogens with two attached hydrogens (primary N) is 3. The molecule has 12 nitrogen and oxygen atoms in total. The van der Waals surface area contributed by atoms with Crippen LogP contribution in [-0.4, -0.2) is 137 Å². The van der Waals surface area contributed by atoms with Crippen LogP contribution in [0, 0.1) is 11.8 Å². The van der Waals surface area contributed by atoms with Crippen LogP contribution < -0.4 is 17.2 Å². The van der Waals surface area contributed by atoms with E-state index in [9.17, 15) is 0 Å². The number of hydrogen-bond acceptors (Lipinski definition) is 12. The predicted molar refractivity (Wildman–Crippen MR) is 188 cm³/mol. The molecule has 0 heterocycles. The first-order chi connectivity index (χ1) is 23.0. The monoisotopic (exact) mass is 682 g/mol. The summed E-state index contributed by atoms with van der Waals surface area (Å²) in [5, 5.41) is 0. The van der Waals surface area contributed by atoms with Gasteiger partial charge in [0.15, 0.2) is 0 Å². The van der Waals surface area contributed by atoms with E-state index >= 15 is 0 Å². The molecular weight excluding hydrogens is 606 g/mol. The Balaban J connectivity index is 5.24. The van der Waals surface area contributed by atoms with Crippen molar-refractivity contribution in [1.82, 2.24) is 0 Å². The SMILES string of the molecule is CCCCOC(CC)COCC(COCC(COCC(CC)COCCN)OCC(CC)COCCN)OCC(CC)OCCCN. The van der Waals surface area contributed by atoms with Crippen molar-refractivity contribution in [3.05, 3.63) is 0 Å². The lowest BCUT2D eigenvalue weighted by Crippen LogP contribution is -2.35. The van der Waals surface area contributed by atoms with Crippen molar-refractivity contribution >= 4 is 0 Å². The molecule has 0 aliphatic rings. The van der Waals surface area contributed by atoms with E-state index in [-0.39, 0.29) is 30.3 Å². The molecule has 6 unspecified atom stereocenters. The fraction of sp³-hybridized carbons (Fsp3) is 1.00. The number of unbranched alkanes of at least 4 members (excludes halogenated alkanes) is 1. The molecule has 0 bridgehead atoms. The highest BCUT2D eigenvalue weighted by Crippen LogP contribution is 2.11.